The molecule has 0 amide bonds. The highest BCUT2D eigenvalue weighted by molar-refractivity contribution is 9.10. The summed E-state index contributed by atoms with van der Waals surface area (Å²) < 4.78 is 0.936. The number of phenolic OH excluding ortho intramolecular Hbond substituents is 1. The predicted molar refractivity (Wildman–Crippen MR) is 83.7 cm³/mol. The molecule has 19 heavy (non-hydrogen) atoms. The number of rotatable bonds is 2. The van der Waals surface area contributed by atoms with Crippen LogP contribution in [0.25, 0.3) is 0 Å². The van der Waals surface area contributed by atoms with E-state index in [9.17, 15) is 5.11 Å². The number of aromatic hydroxyl groups is 1. The fraction of sp³-hybridized carbons (Fsp3) is 0.188. The highest BCUT2D eigenvalue weighted by atomic mass is 79.9. The molecule has 0 fully saturated rings. The van der Waals surface area contributed by atoms with Crippen LogP contribution in [0.15, 0.2) is 39.8 Å². The van der Waals surface area contributed by atoms with Crippen molar-refractivity contribution < 1.29 is 5.11 Å². The van der Waals surface area contributed by atoms with E-state index in [0.717, 1.165) is 32.4 Å². The maximum absolute atomic E-state index is 10.0. The van der Waals surface area contributed by atoms with E-state index in [0.29, 0.717) is 0 Å². The second-order valence-corrected chi connectivity index (χ2v) is 5.57. The quantitative estimate of drug-likeness (QED) is 0.790. The fourth-order valence-electron chi connectivity index (χ4n) is 2.00. The van der Waals surface area contributed by atoms with Crippen LogP contribution in [-0.4, -0.2) is 11.3 Å². The molecule has 0 heterocycles. The van der Waals surface area contributed by atoms with Gasteiger partial charge in [0.15, 0.2) is 0 Å². The Hall–Kier alpha value is -1.61. The smallest absolute Gasteiger partial charge is 0.127 e. The first-order chi connectivity index (χ1) is 8.99. The molecule has 0 unspecified atom stereocenters. The molecule has 2 aromatic rings. The summed E-state index contributed by atoms with van der Waals surface area (Å²) in [7, 11) is 0. The van der Waals surface area contributed by atoms with Gasteiger partial charge in [0.2, 0.25) is 0 Å². The van der Waals surface area contributed by atoms with Crippen LogP contribution in [0.5, 0.6) is 5.75 Å². The van der Waals surface area contributed by atoms with Crippen molar-refractivity contribution in [3.8, 4) is 5.75 Å². The van der Waals surface area contributed by atoms with Crippen LogP contribution < -0.4 is 0 Å². The van der Waals surface area contributed by atoms with Crippen molar-refractivity contribution in [3.05, 3.63) is 57.1 Å². The molecule has 0 saturated heterocycles. The lowest BCUT2D eigenvalue weighted by molar-refractivity contribution is 0.470. The molecule has 0 spiro atoms. The Balaban J connectivity index is 2.44. The van der Waals surface area contributed by atoms with Gasteiger partial charge < -0.3 is 5.11 Å². The van der Waals surface area contributed by atoms with E-state index >= 15 is 0 Å². The number of halogens is 1. The van der Waals surface area contributed by atoms with Crippen LogP contribution in [0.4, 0.5) is 5.69 Å². The van der Waals surface area contributed by atoms with Gasteiger partial charge in [-0.25, -0.2) is 0 Å². The molecule has 2 rings (SSSR count). The van der Waals surface area contributed by atoms with Crippen LogP contribution in [0.3, 0.4) is 0 Å². The van der Waals surface area contributed by atoms with E-state index in [1.54, 1.807) is 6.21 Å². The Morgan fingerprint density at radius 1 is 1.05 bits per heavy atom. The molecule has 0 aliphatic heterocycles. The van der Waals surface area contributed by atoms with Gasteiger partial charge in [-0.2, -0.15) is 0 Å². The van der Waals surface area contributed by atoms with E-state index in [1.165, 1.54) is 0 Å². The van der Waals surface area contributed by atoms with Crippen LogP contribution in [0.1, 0.15) is 22.3 Å². The lowest BCUT2D eigenvalue weighted by atomic mass is 10.1. The number of para-hydroxylation sites is 1. The average molecular weight is 318 g/mol. The maximum Gasteiger partial charge on any atom is 0.127 e. The molecule has 0 atom stereocenters. The molecule has 2 aromatic carbocycles. The van der Waals surface area contributed by atoms with Crippen molar-refractivity contribution in [1.29, 1.82) is 0 Å². The number of nitrogens with zero attached hydrogens (tertiary/aromatic N) is 1. The summed E-state index contributed by atoms with van der Waals surface area (Å²) in [5.41, 5.74) is 4.76. The number of aryl methyl sites for hydroxylation is 3. The van der Waals surface area contributed by atoms with Crippen molar-refractivity contribution in [2.75, 3.05) is 0 Å². The molecule has 2 nitrogen and oxygen atoms in total. The van der Waals surface area contributed by atoms with Gasteiger partial charge >= 0.3 is 0 Å². The lowest BCUT2D eigenvalue weighted by Gasteiger charge is -2.06. The van der Waals surface area contributed by atoms with Gasteiger partial charge in [-0.15, -0.1) is 0 Å². The van der Waals surface area contributed by atoms with E-state index in [4.69, 9.17) is 0 Å². The molecule has 0 aliphatic rings. The molecule has 0 radical (unpaired) electrons. The van der Waals surface area contributed by atoms with E-state index in [1.807, 2.05) is 51.1 Å². The van der Waals surface area contributed by atoms with Crippen LogP contribution in [-0.2, 0) is 0 Å². The van der Waals surface area contributed by atoms with Gasteiger partial charge in [-0.1, -0.05) is 34.1 Å². The number of hydrogen-bond donors (Lipinski definition) is 1. The summed E-state index contributed by atoms with van der Waals surface area (Å²) in [4.78, 5) is 4.51. The first-order valence-electron chi connectivity index (χ1n) is 6.08. The number of hydrogen-bond acceptors (Lipinski definition) is 2. The molecule has 0 aromatic heterocycles. The van der Waals surface area contributed by atoms with Crippen molar-refractivity contribution in [3.63, 3.8) is 0 Å². The normalized spacial score (nSPS) is 11.2. The topological polar surface area (TPSA) is 32.6 Å². The molecule has 0 bridgehead atoms. The van der Waals surface area contributed by atoms with E-state index in [-0.39, 0.29) is 5.75 Å². The summed E-state index contributed by atoms with van der Waals surface area (Å²) in [5.74, 6) is 0.276. The Bertz CT molecular complexity index is 627. The maximum atomic E-state index is 10.0. The third kappa shape index (κ3) is 3.04. The second kappa shape index (κ2) is 5.57. The summed E-state index contributed by atoms with van der Waals surface area (Å²) in [6.07, 6.45) is 1.71. The molecule has 0 saturated carbocycles. The van der Waals surface area contributed by atoms with E-state index < -0.39 is 0 Å². The zero-order chi connectivity index (χ0) is 14.0. The lowest BCUT2D eigenvalue weighted by Crippen LogP contribution is -1.87. The number of benzene rings is 2. The van der Waals surface area contributed by atoms with Gasteiger partial charge in [-0.3, -0.25) is 4.99 Å². The molecular formula is C16H16BrNO. The van der Waals surface area contributed by atoms with Gasteiger partial charge in [0.05, 0.1) is 5.69 Å². The summed E-state index contributed by atoms with van der Waals surface area (Å²) in [6, 6.07) is 9.83. The molecular weight excluding hydrogens is 302 g/mol. The van der Waals surface area contributed by atoms with Crippen LogP contribution in [0.2, 0.25) is 0 Å². The Kier molecular flexibility index (Phi) is 4.05. The van der Waals surface area contributed by atoms with Gasteiger partial charge in [0, 0.05) is 16.3 Å². The monoisotopic (exact) mass is 317 g/mol. The zero-order valence-corrected chi connectivity index (χ0v) is 12.8. The van der Waals surface area contributed by atoms with Crippen molar-refractivity contribution in [2.45, 2.75) is 20.8 Å². The first kappa shape index (κ1) is 13.8. The minimum atomic E-state index is 0.276. The van der Waals surface area contributed by atoms with Gasteiger partial charge in [0.25, 0.3) is 0 Å². The number of aliphatic imine (C=N–C) groups is 1. The zero-order valence-electron chi connectivity index (χ0n) is 11.2. The van der Waals surface area contributed by atoms with Gasteiger partial charge in [0.1, 0.15) is 5.75 Å². The van der Waals surface area contributed by atoms with Crippen molar-refractivity contribution in [2.24, 2.45) is 4.99 Å². The van der Waals surface area contributed by atoms with E-state index in [2.05, 4.69) is 20.9 Å². The standard InChI is InChI=1S/C16H16BrNO/c1-10-5-4-6-11(2)15(10)18-9-13-8-14(17)7-12(3)16(13)19/h4-9,19H,1-3H3. The van der Waals surface area contributed by atoms with Crippen molar-refractivity contribution in [1.82, 2.24) is 0 Å². The SMILES string of the molecule is Cc1cc(Br)cc(C=Nc2c(C)cccc2C)c1O. The summed E-state index contributed by atoms with van der Waals surface area (Å²) in [5, 5.41) is 10.0. The number of phenols is 1. The summed E-state index contributed by atoms with van der Waals surface area (Å²) in [6.45, 7) is 5.94. The molecule has 3 heteroatoms. The highest BCUT2D eigenvalue weighted by Crippen LogP contribution is 2.27. The Labute approximate surface area is 122 Å². The third-order valence-electron chi connectivity index (χ3n) is 3.07. The average Bonchev–Trinajstić information content (AvgIpc) is 2.34. The molecule has 0 aliphatic carbocycles. The summed E-state index contributed by atoms with van der Waals surface area (Å²) >= 11 is 3.43. The largest absolute Gasteiger partial charge is 0.507 e. The minimum Gasteiger partial charge on any atom is -0.507 e. The highest BCUT2D eigenvalue weighted by Gasteiger charge is 2.05. The molecule has 1 N–H and O–H groups in total. The second-order valence-electron chi connectivity index (χ2n) is 4.66. The minimum absolute atomic E-state index is 0.276. The Morgan fingerprint density at radius 2 is 1.68 bits per heavy atom. The van der Waals surface area contributed by atoms with Crippen LogP contribution in [0, 0.1) is 20.8 Å². The third-order valence-corrected chi connectivity index (χ3v) is 3.52. The fourth-order valence-corrected chi connectivity index (χ4v) is 2.59. The molecule has 98 valence electrons. The van der Waals surface area contributed by atoms with Gasteiger partial charge in [-0.05, 0) is 49.6 Å². The predicted octanol–water partition coefficient (Wildman–Crippen LogP) is 4.83. The van der Waals surface area contributed by atoms with Crippen molar-refractivity contribution >= 4 is 27.8 Å². The Morgan fingerprint density at radius 3 is 2.32 bits per heavy atom. The first-order valence-corrected chi connectivity index (χ1v) is 6.87. The van der Waals surface area contributed by atoms with Crippen LogP contribution >= 0.6 is 15.9 Å².